The van der Waals surface area contributed by atoms with Gasteiger partial charge in [0.05, 0.1) is 0 Å². The van der Waals surface area contributed by atoms with Crippen LogP contribution in [0.25, 0.3) is 16.8 Å². The minimum absolute atomic E-state index is 0.785. The number of nitrogen functional groups attached to an aromatic ring is 1. The largest absolute Gasteiger partial charge is 0.399 e. The van der Waals surface area contributed by atoms with Crippen LogP contribution < -0.4 is 5.73 Å². The first-order valence-corrected chi connectivity index (χ1v) is 5.11. The zero-order valence-electron chi connectivity index (χ0n) is 8.67. The second-order valence-corrected chi connectivity index (χ2v) is 3.73. The van der Waals surface area contributed by atoms with Gasteiger partial charge in [-0.3, -0.25) is 0 Å². The summed E-state index contributed by atoms with van der Waals surface area (Å²) in [4.78, 5) is 4.21. The quantitative estimate of drug-likeness (QED) is 0.626. The molecule has 3 rings (SSSR count). The number of imidazole rings is 1. The molecular formula is C13H11N3. The first-order chi connectivity index (χ1) is 7.83. The lowest BCUT2D eigenvalue weighted by atomic mass is 10.1. The Balaban J connectivity index is 2.14. The molecule has 0 aliphatic heterocycles. The maximum absolute atomic E-state index is 5.66. The third-order valence-electron chi connectivity index (χ3n) is 2.63. The summed E-state index contributed by atoms with van der Waals surface area (Å²) >= 11 is 0. The number of nitrogens with two attached hydrogens (primary N) is 1. The molecule has 16 heavy (non-hydrogen) atoms. The number of rotatable bonds is 1. The maximum Gasteiger partial charge on any atom is 0.136 e. The molecule has 0 aliphatic carbocycles. The van der Waals surface area contributed by atoms with Gasteiger partial charge in [0.2, 0.25) is 0 Å². The van der Waals surface area contributed by atoms with Crippen molar-refractivity contribution < 1.29 is 0 Å². The van der Waals surface area contributed by atoms with E-state index in [-0.39, 0.29) is 0 Å². The van der Waals surface area contributed by atoms with E-state index in [1.54, 1.807) is 6.20 Å². The van der Waals surface area contributed by atoms with Gasteiger partial charge in [-0.2, -0.15) is 0 Å². The van der Waals surface area contributed by atoms with Gasteiger partial charge in [0.15, 0.2) is 0 Å². The highest BCUT2D eigenvalue weighted by molar-refractivity contribution is 5.66. The summed E-state index contributed by atoms with van der Waals surface area (Å²) in [5.41, 5.74) is 9.72. The van der Waals surface area contributed by atoms with Crippen molar-refractivity contribution in [3.63, 3.8) is 0 Å². The number of anilines is 1. The Morgan fingerprint density at radius 3 is 2.50 bits per heavy atom. The zero-order valence-corrected chi connectivity index (χ0v) is 8.67. The Hall–Kier alpha value is -2.29. The third kappa shape index (κ3) is 1.42. The minimum atomic E-state index is 0.785. The normalized spacial score (nSPS) is 10.8. The summed E-state index contributed by atoms with van der Waals surface area (Å²) in [5.74, 6) is 0. The van der Waals surface area contributed by atoms with Crippen molar-refractivity contribution in [1.82, 2.24) is 9.38 Å². The number of hydrogen-bond acceptors (Lipinski definition) is 2. The molecule has 3 aromatic rings. The molecule has 0 spiro atoms. The van der Waals surface area contributed by atoms with Crippen molar-refractivity contribution in [2.24, 2.45) is 0 Å². The molecule has 78 valence electrons. The lowest BCUT2D eigenvalue weighted by molar-refractivity contribution is 1.19. The molecule has 0 fully saturated rings. The third-order valence-corrected chi connectivity index (χ3v) is 2.63. The summed E-state index contributed by atoms with van der Waals surface area (Å²) in [7, 11) is 0. The van der Waals surface area contributed by atoms with Crippen molar-refractivity contribution >= 4 is 11.3 Å². The molecule has 0 unspecified atom stereocenters. The molecule has 0 saturated heterocycles. The molecule has 3 heteroatoms. The van der Waals surface area contributed by atoms with Gasteiger partial charge in [0.1, 0.15) is 5.65 Å². The predicted molar refractivity (Wildman–Crippen MR) is 65.0 cm³/mol. The van der Waals surface area contributed by atoms with Gasteiger partial charge < -0.3 is 10.1 Å². The molecule has 2 heterocycles. The molecule has 0 amide bonds. The van der Waals surface area contributed by atoms with Crippen molar-refractivity contribution in [2.75, 3.05) is 5.73 Å². The van der Waals surface area contributed by atoms with Crippen LogP contribution in [0.3, 0.4) is 0 Å². The highest BCUT2D eigenvalue weighted by atomic mass is 15.0. The van der Waals surface area contributed by atoms with Crippen LogP contribution >= 0.6 is 0 Å². The van der Waals surface area contributed by atoms with Gasteiger partial charge in [-0.1, -0.05) is 12.1 Å². The predicted octanol–water partition coefficient (Wildman–Crippen LogP) is 2.58. The second kappa shape index (κ2) is 3.38. The Morgan fingerprint density at radius 2 is 1.69 bits per heavy atom. The Kier molecular flexibility index (Phi) is 1.90. The fourth-order valence-electron chi connectivity index (χ4n) is 1.77. The van der Waals surface area contributed by atoms with Crippen LogP contribution in [0.2, 0.25) is 0 Å². The molecule has 0 radical (unpaired) electrons. The van der Waals surface area contributed by atoms with Gasteiger partial charge in [-0.05, 0) is 35.4 Å². The first-order valence-electron chi connectivity index (χ1n) is 5.11. The van der Waals surface area contributed by atoms with E-state index in [0.717, 1.165) is 22.5 Å². The summed E-state index contributed by atoms with van der Waals surface area (Å²) < 4.78 is 2.01. The minimum Gasteiger partial charge on any atom is -0.399 e. The topological polar surface area (TPSA) is 43.3 Å². The van der Waals surface area contributed by atoms with Crippen LogP contribution in [0.4, 0.5) is 5.69 Å². The Bertz CT molecular complexity index is 623. The Labute approximate surface area is 93.2 Å². The Morgan fingerprint density at radius 1 is 0.938 bits per heavy atom. The van der Waals surface area contributed by atoms with Gasteiger partial charge >= 0.3 is 0 Å². The highest BCUT2D eigenvalue weighted by Gasteiger charge is 1.99. The average molecular weight is 209 g/mol. The molecule has 0 bridgehead atoms. The second-order valence-electron chi connectivity index (χ2n) is 3.73. The SMILES string of the molecule is Nc1ccc(-c2ccc3nccn3c2)cc1. The molecule has 0 atom stereocenters. The average Bonchev–Trinajstić information content (AvgIpc) is 2.77. The summed E-state index contributed by atoms with van der Waals surface area (Å²) in [6.45, 7) is 0. The smallest absolute Gasteiger partial charge is 0.136 e. The fourth-order valence-corrected chi connectivity index (χ4v) is 1.77. The molecule has 1 aromatic carbocycles. The fraction of sp³-hybridized carbons (Fsp3) is 0. The molecule has 0 saturated carbocycles. The number of fused-ring (bicyclic) bond motifs is 1. The van der Waals surface area contributed by atoms with Crippen molar-refractivity contribution in [1.29, 1.82) is 0 Å². The molecule has 0 aliphatic rings. The monoisotopic (exact) mass is 209 g/mol. The summed E-state index contributed by atoms with van der Waals surface area (Å²) in [6.07, 6.45) is 5.80. The van der Waals surface area contributed by atoms with E-state index in [0.29, 0.717) is 0 Å². The highest BCUT2D eigenvalue weighted by Crippen LogP contribution is 2.20. The number of nitrogens with zero attached hydrogens (tertiary/aromatic N) is 2. The van der Waals surface area contributed by atoms with Gasteiger partial charge in [0, 0.05) is 24.3 Å². The van der Waals surface area contributed by atoms with Crippen LogP contribution in [-0.4, -0.2) is 9.38 Å². The lowest BCUT2D eigenvalue weighted by Gasteiger charge is -2.03. The van der Waals surface area contributed by atoms with Crippen LogP contribution in [0.15, 0.2) is 55.0 Å². The van der Waals surface area contributed by atoms with Crippen molar-refractivity contribution in [2.45, 2.75) is 0 Å². The van der Waals surface area contributed by atoms with E-state index in [1.165, 1.54) is 0 Å². The molecule has 2 aromatic heterocycles. The van der Waals surface area contributed by atoms with Crippen molar-refractivity contribution in [3.8, 4) is 11.1 Å². The maximum atomic E-state index is 5.66. The molecule has 2 N–H and O–H groups in total. The van der Waals surface area contributed by atoms with Crippen LogP contribution in [0.5, 0.6) is 0 Å². The zero-order chi connectivity index (χ0) is 11.0. The van der Waals surface area contributed by atoms with Crippen LogP contribution in [0.1, 0.15) is 0 Å². The van der Waals surface area contributed by atoms with E-state index in [2.05, 4.69) is 17.2 Å². The number of benzene rings is 1. The van der Waals surface area contributed by atoms with Gasteiger partial charge in [-0.25, -0.2) is 4.98 Å². The lowest BCUT2D eigenvalue weighted by Crippen LogP contribution is -1.87. The van der Waals surface area contributed by atoms with E-state index in [4.69, 9.17) is 5.73 Å². The summed E-state index contributed by atoms with van der Waals surface area (Å²) in [5, 5.41) is 0. The van der Waals surface area contributed by atoms with Gasteiger partial charge in [0.25, 0.3) is 0 Å². The van der Waals surface area contributed by atoms with E-state index in [9.17, 15) is 0 Å². The molecular weight excluding hydrogens is 198 g/mol. The number of hydrogen-bond donors (Lipinski definition) is 1. The molecule has 3 nitrogen and oxygen atoms in total. The van der Waals surface area contributed by atoms with Crippen LogP contribution in [-0.2, 0) is 0 Å². The standard InChI is InChI=1S/C13H11N3/c14-12-4-1-10(2-5-12)11-3-6-13-15-7-8-16(13)9-11/h1-9H,14H2. The van der Waals surface area contributed by atoms with E-state index >= 15 is 0 Å². The van der Waals surface area contributed by atoms with Gasteiger partial charge in [-0.15, -0.1) is 0 Å². The van der Waals surface area contributed by atoms with E-state index < -0.39 is 0 Å². The number of aromatic nitrogens is 2. The van der Waals surface area contributed by atoms with Crippen LogP contribution in [0, 0.1) is 0 Å². The number of pyridine rings is 1. The summed E-state index contributed by atoms with van der Waals surface area (Å²) in [6, 6.07) is 11.9. The first kappa shape index (κ1) is 8.97. The van der Waals surface area contributed by atoms with E-state index in [1.807, 2.05) is 40.9 Å². The van der Waals surface area contributed by atoms with Crippen molar-refractivity contribution in [3.05, 3.63) is 55.0 Å².